The van der Waals surface area contributed by atoms with Gasteiger partial charge in [-0.25, -0.2) is 4.39 Å². The smallest absolute Gasteiger partial charge is 0.259 e. The zero-order valence-corrected chi connectivity index (χ0v) is 16.4. The van der Waals surface area contributed by atoms with E-state index in [2.05, 4.69) is 5.32 Å². The van der Waals surface area contributed by atoms with Crippen LogP contribution in [0.3, 0.4) is 0 Å². The maximum atomic E-state index is 14.8. The number of amides is 1. The Labute approximate surface area is 158 Å². The third-order valence-electron chi connectivity index (χ3n) is 5.27. The topological polar surface area (TPSA) is 57.6 Å². The molecule has 1 aromatic carbocycles. The van der Waals surface area contributed by atoms with Gasteiger partial charge in [0, 0.05) is 57.4 Å². The van der Waals surface area contributed by atoms with Gasteiger partial charge in [-0.15, -0.1) is 0 Å². The van der Waals surface area contributed by atoms with Crippen molar-refractivity contribution in [1.29, 1.82) is 0 Å². The van der Waals surface area contributed by atoms with Gasteiger partial charge in [-0.1, -0.05) is 0 Å². The van der Waals surface area contributed by atoms with Crippen molar-refractivity contribution in [2.45, 2.75) is 33.4 Å². The van der Waals surface area contributed by atoms with Gasteiger partial charge in [-0.2, -0.15) is 0 Å². The normalized spacial score (nSPS) is 14.8. The number of aromatic nitrogens is 1. The average Bonchev–Trinajstić information content (AvgIpc) is 2.67. The first-order valence-corrected chi connectivity index (χ1v) is 9.44. The molecule has 1 aliphatic heterocycles. The van der Waals surface area contributed by atoms with Gasteiger partial charge in [-0.05, 0) is 32.9 Å². The number of nitrogens with zero attached hydrogens (tertiary/aromatic N) is 3. The molecule has 0 atom stereocenters. The maximum absolute atomic E-state index is 14.8. The minimum absolute atomic E-state index is 0.0329. The number of fused-ring (bicyclic) bond motifs is 1. The maximum Gasteiger partial charge on any atom is 0.259 e. The summed E-state index contributed by atoms with van der Waals surface area (Å²) >= 11 is 0. The van der Waals surface area contributed by atoms with Crippen LogP contribution in [0.4, 0.5) is 10.1 Å². The summed E-state index contributed by atoms with van der Waals surface area (Å²) in [5.41, 5.74) is 0.818. The van der Waals surface area contributed by atoms with Crippen LogP contribution < -0.4 is 15.6 Å². The van der Waals surface area contributed by atoms with Crippen molar-refractivity contribution >= 4 is 22.5 Å². The fraction of sp³-hybridized carbons (Fsp3) is 0.500. The molecule has 7 heteroatoms. The third kappa shape index (κ3) is 3.56. The van der Waals surface area contributed by atoms with Crippen molar-refractivity contribution < 1.29 is 9.18 Å². The quantitative estimate of drug-likeness (QED) is 0.890. The number of pyridine rings is 1. The van der Waals surface area contributed by atoms with Gasteiger partial charge in [0.25, 0.3) is 5.91 Å². The lowest BCUT2D eigenvalue weighted by Crippen LogP contribution is -2.44. The molecular weight excluding hydrogens is 347 g/mol. The Morgan fingerprint density at radius 2 is 1.96 bits per heavy atom. The van der Waals surface area contributed by atoms with E-state index in [1.54, 1.807) is 19.3 Å². The van der Waals surface area contributed by atoms with E-state index in [4.69, 9.17) is 0 Å². The fourth-order valence-corrected chi connectivity index (χ4v) is 3.39. The van der Waals surface area contributed by atoms with E-state index in [1.807, 2.05) is 30.2 Å². The summed E-state index contributed by atoms with van der Waals surface area (Å²) in [6.45, 7) is 9.32. The molecule has 27 heavy (non-hydrogen) atoms. The highest BCUT2D eigenvalue weighted by Gasteiger charge is 2.22. The average molecular weight is 374 g/mol. The molecule has 0 spiro atoms. The van der Waals surface area contributed by atoms with Crippen LogP contribution in [0.2, 0.25) is 0 Å². The monoisotopic (exact) mass is 374 g/mol. The van der Waals surface area contributed by atoms with Gasteiger partial charge >= 0.3 is 0 Å². The van der Waals surface area contributed by atoms with E-state index in [0.29, 0.717) is 30.8 Å². The van der Waals surface area contributed by atoms with Gasteiger partial charge in [0.05, 0.1) is 11.2 Å². The highest BCUT2D eigenvalue weighted by atomic mass is 19.1. The Morgan fingerprint density at radius 1 is 1.30 bits per heavy atom. The lowest BCUT2D eigenvalue weighted by Gasteiger charge is -2.30. The molecule has 6 nitrogen and oxygen atoms in total. The molecule has 2 heterocycles. The minimum Gasteiger partial charge on any atom is -0.367 e. The number of hydrogen-bond donors (Lipinski definition) is 1. The molecule has 1 N–H and O–H groups in total. The third-order valence-corrected chi connectivity index (χ3v) is 5.27. The molecule has 2 aromatic rings. The first-order chi connectivity index (χ1) is 12.8. The Bertz CT molecular complexity index is 916. The molecule has 0 radical (unpaired) electrons. The fourth-order valence-electron chi connectivity index (χ4n) is 3.39. The van der Waals surface area contributed by atoms with E-state index < -0.39 is 11.2 Å². The molecule has 1 aromatic heterocycles. The standard InChI is InChI=1S/C20H27FN4O2/c1-5-24-12-15(20(27)23(4)13(2)3)19(26)14-10-16(21)18(11-17(14)24)25-8-6-22-7-9-25/h10-13,22H,5-9H2,1-4H3. The van der Waals surface area contributed by atoms with Crippen LogP contribution in [0.15, 0.2) is 23.1 Å². The number of carbonyl (C=O) groups excluding carboxylic acids is 1. The van der Waals surface area contributed by atoms with Gasteiger partial charge in [0.15, 0.2) is 0 Å². The van der Waals surface area contributed by atoms with Gasteiger partial charge < -0.3 is 19.7 Å². The number of piperazine rings is 1. The van der Waals surface area contributed by atoms with Crippen LogP contribution in [0.25, 0.3) is 10.9 Å². The van der Waals surface area contributed by atoms with Gasteiger partial charge in [0.2, 0.25) is 5.43 Å². The van der Waals surface area contributed by atoms with Crippen molar-refractivity contribution in [2.75, 3.05) is 38.1 Å². The Hall–Kier alpha value is -2.41. The molecule has 1 saturated heterocycles. The van der Waals surface area contributed by atoms with Crippen LogP contribution in [-0.4, -0.2) is 54.6 Å². The number of rotatable bonds is 4. The number of carbonyl (C=O) groups is 1. The minimum atomic E-state index is -0.425. The molecule has 1 amide bonds. The second kappa shape index (κ2) is 7.68. The van der Waals surface area contributed by atoms with Crippen LogP contribution in [0.1, 0.15) is 31.1 Å². The summed E-state index contributed by atoms with van der Waals surface area (Å²) in [6.07, 6.45) is 1.60. The predicted molar refractivity (Wildman–Crippen MR) is 106 cm³/mol. The van der Waals surface area contributed by atoms with Crippen molar-refractivity contribution in [3.8, 4) is 0 Å². The molecule has 0 unspecified atom stereocenters. The number of nitrogens with one attached hydrogen (secondary N) is 1. The summed E-state index contributed by atoms with van der Waals surface area (Å²) in [6, 6.07) is 2.99. The number of benzene rings is 1. The molecule has 0 aliphatic carbocycles. The lowest BCUT2D eigenvalue weighted by atomic mass is 10.1. The SMILES string of the molecule is CCn1cc(C(=O)N(C)C(C)C)c(=O)c2cc(F)c(N3CCNCC3)cc21. The zero-order valence-electron chi connectivity index (χ0n) is 16.4. The number of hydrogen-bond acceptors (Lipinski definition) is 4. The van der Waals surface area contributed by atoms with Crippen LogP contribution >= 0.6 is 0 Å². The van der Waals surface area contributed by atoms with Crippen molar-refractivity contribution in [3.63, 3.8) is 0 Å². The summed E-state index contributed by atoms with van der Waals surface area (Å²) in [7, 11) is 1.67. The zero-order chi connectivity index (χ0) is 19.7. The Kier molecular flexibility index (Phi) is 5.51. The number of halogens is 1. The lowest BCUT2D eigenvalue weighted by molar-refractivity contribution is 0.0753. The van der Waals surface area contributed by atoms with Crippen molar-refractivity contribution in [2.24, 2.45) is 0 Å². The van der Waals surface area contributed by atoms with Crippen LogP contribution in [0, 0.1) is 5.82 Å². The number of aryl methyl sites for hydroxylation is 1. The van der Waals surface area contributed by atoms with E-state index in [0.717, 1.165) is 13.1 Å². The Morgan fingerprint density at radius 3 is 2.56 bits per heavy atom. The van der Waals surface area contributed by atoms with E-state index in [-0.39, 0.29) is 22.9 Å². The first-order valence-electron chi connectivity index (χ1n) is 9.44. The molecule has 146 valence electrons. The summed E-state index contributed by atoms with van der Waals surface area (Å²) < 4.78 is 16.7. The molecule has 1 aliphatic rings. The molecule has 3 rings (SSSR count). The molecule has 1 fully saturated rings. The molecular formula is C20H27FN4O2. The summed E-state index contributed by atoms with van der Waals surface area (Å²) in [5.74, 6) is -0.767. The van der Waals surface area contributed by atoms with Gasteiger partial charge in [-0.3, -0.25) is 9.59 Å². The Balaban J connectivity index is 2.17. The second-order valence-electron chi connectivity index (χ2n) is 7.23. The predicted octanol–water partition coefficient (Wildman–Crippen LogP) is 2.05. The largest absolute Gasteiger partial charge is 0.367 e. The summed E-state index contributed by atoms with van der Waals surface area (Å²) in [4.78, 5) is 29.2. The van der Waals surface area contributed by atoms with Crippen molar-refractivity contribution in [3.05, 3.63) is 39.9 Å². The summed E-state index contributed by atoms with van der Waals surface area (Å²) in [5, 5.41) is 3.50. The van der Waals surface area contributed by atoms with Crippen LogP contribution in [-0.2, 0) is 6.54 Å². The van der Waals surface area contributed by atoms with E-state index in [1.165, 1.54) is 11.0 Å². The number of anilines is 1. The van der Waals surface area contributed by atoms with E-state index in [9.17, 15) is 14.0 Å². The molecule has 0 saturated carbocycles. The van der Waals surface area contributed by atoms with Crippen LogP contribution in [0.5, 0.6) is 0 Å². The highest BCUT2D eigenvalue weighted by molar-refractivity contribution is 5.97. The van der Waals surface area contributed by atoms with Crippen molar-refractivity contribution in [1.82, 2.24) is 14.8 Å². The van der Waals surface area contributed by atoms with Gasteiger partial charge in [0.1, 0.15) is 11.4 Å². The molecule has 0 bridgehead atoms. The first kappa shape index (κ1) is 19.4. The highest BCUT2D eigenvalue weighted by Crippen LogP contribution is 2.26. The second-order valence-corrected chi connectivity index (χ2v) is 7.23. The van der Waals surface area contributed by atoms with E-state index >= 15 is 0 Å².